The van der Waals surface area contributed by atoms with Crippen LogP contribution in [0.1, 0.15) is 56.2 Å². The third-order valence-electron chi connectivity index (χ3n) is 5.24. The smallest absolute Gasteiger partial charge is 0.230 e. The third-order valence-corrected chi connectivity index (χ3v) is 5.24. The highest BCUT2D eigenvalue weighted by atomic mass is 16.5. The van der Waals surface area contributed by atoms with Crippen LogP contribution in [0.5, 0.6) is 0 Å². The van der Waals surface area contributed by atoms with Gasteiger partial charge in [-0.3, -0.25) is 0 Å². The van der Waals surface area contributed by atoms with E-state index in [1.807, 2.05) is 0 Å². The lowest BCUT2D eigenvalue weighted by Crippen LogP contribution is -1.99. The van der Waals surface area contributed by atoms with Crippen molar-refractivity contribution < 1.29 is 4.52 Å². The van der Waals surface area contributed by atoms with Crippen molar-refractivity contribution in [1.29, 1.82) is 0 Å². The van der Waals surface area contributed by atoms with Crippen LogP contribution in [0.15, 0.2) is 28.8 Å². The molecule has 0 saturated heterocycles. The quantitative estimate of drug-likeness (QED) is 0.897. The summed E-state index contributed by atoms with van der Waals surface area (Å²) in [6, 6.07) is 8.67. The normalized spacial score (nSPS) is 27.1. The molecule has 1 heterocycles. The summed E-state index contributed by atoms with van der Waals surface area (Å²) in [6.45, 7) is 4.41. The number of hydrogen-bond acceptors (Lipinski definition) is 3. The van der Waals surface area contributed by atoms with E-state index in [1.54, 1.807) is 0 Å². The summed E-state index contributed by atoms with van der Waals surface area (Å²) < 4.78 is 5.32. The molecule has 21 heavy (non-hydrogen) atoms. The number of nitrogens with zero attached hydrogens (tertiary/aromatic N) is 1. The average Bonchev–Trinajstić information content (AvgIpc) is 2.92. The first kappa shape index (κ1) is 12.9. The molecule has 0 amide bonds. The number of nitrogen functional groups attached to an aromatic ring is 1. The fourth-order valence-electron chi connectivity index (χ4n) is 3.86. The second kappa shape index (κ2) is 4.62. The minimum Gasteiger partial charge on any atom is -0.367 e. The van der Waals surface area contributed by atoms with Crippen LogP contribution >= 0.6 is 0 Å². The lowest BCUT2D eigenvalue weighted by Gasteiger charge is -2.11. The van der Waals surface area contributed by atoms with Gasteiger partial charge in [0.1, 0.15) is 0 Å². The molecule has 0 aliphatic heterocycles. The van der Waals surface area contributed by atoms with Crippen LogP contribution in [0, 0.1) is 11.8 Å². The van der Waals surface area contributed by atoms with E-state index in [1.165, 1.54) is 24.8 Å². The van der Waals surface area contributed by atoms with Gasteiger partial charge in [0.05, 0.1) is 11.3 Å². The van der Waals surface area contributed by atoms with Crippen LogP contribution < -0.4 is 5.73 Å². The molecule has 2 atom stereocenters. The first-order valence-electron chi connectivity index (χ1n) is 7.99. The molecule has 2 aromatic rings. The summed E-state index contributed by atoms with van der Waals surface area (Å²) in [5, 5.41) is 4.29. The van der Waals surface area contributed by atoms with E-state index in [4.69, 9.17) is 10.3 Å². The maximum absolute atomic E-state index is 6.06. The highest BCUT2D eigenvalue weighted by Crippen LogP contribution is 2.58. The number of anilines is 1. The molecular formula is C18H22N2O. The van der Waals surface area contributed by atoms with Gasteiger partial charge in [0.15, 0.2) is 0 Å². The minimum atomic E-state index is 0.461. The highest BCUT2D eigenvalue weighted by molar-refractivity contribution is 5.75. The van der Waals surface area contributed by atoms with Gasteiger partial charge in [-0.25, -0.2) is 0 Å². The number of hydrogen-bond donors (Lipinski definition) is 1. The third kappa shape index (κ3) is 2.15. The molecule has 3 nitrogen and oxygen atoms in total. The van der Waals surface area contributed by atoms with Crippen molar-refractivity contribution in [1.82, 2.24) is 5.16 Å². The molecule has 1 aromatic carbocycles. The van der Waals surface area contributed by atoms with Crippen molar-refractivity contribution in [2.24, 2.45) is 11.8 Å². The van der Waals surface area contributed by atoms with Gasteiger partial charge in [-0.2, -0.15) is 0 Å². The Hall–Kier alpha value is -1.77. The molecule has 0 radical (unpaired) electrons. The lowest BCUT2D eigenvalue weighted by molar-refractivity contribution is 0.416. The van der Waals surface area contributed by atoms with Crippen molar-refractivity contribution in [3.05, 3.63) is 35.5 Å². The maximum atomic E-state index is 6.06. The molecule has 1 aromatic heterocycles. The number of rotatable bonds is 3. The first-order valence-corrected chi connectivity index (χ1v) is 7.99. The molecule has 2 N–H and O–H groups in total. The van der Waals surface area contributed by atoms with E-state index < -0.39 is 0 Å². The van der Waals surface area contributed by atoms with Gasteiger partial charge in [-0.15, -0.1) is 0 Å². The Bertz CT molecular complexity index is 646. The van der Waals surface area contributed by atoms with Crippen molar-refractivity contribution in [3.8, 4) is 11.1 Å². The summed E-state index contributed by atoms with van der Waals surface area (Å²) in [6.07, 6.45) is 3.93. The summed E-state index contributed by atoms with van der Waals surface area (Å²) in [5.74, 6) is 3.41. The molecule has 0 spiro atoms. The monoisotopic (exact) mass is 282 g/mol. The molecule has 2 fully saturated rings. The van der Waals surface area contributed by atoms with Gasteiger partial charge in [-0.05, 0) is 48.1 Å². The molecule has 0 bridgehead atoms. The van der Waals surface area contributed by atoms with Gasteiger partial charge >= 0.3 is 0 Å². The van der Waals surface area contributed by atoms with Crippen LogP contribution in [0.2, 0.25) is 0 Å². The van der Waals surface area contributed by atoms with Gasteiger partial charge < -0.3 is 10.3 Å². The van der Waals surface area contributed by atoms with E-state index in [9.17, 15) is 0 Å². The van der Waals surface area contributed by atoms with Crippen LogP contribution in [0.4, 0.5) is 5.88 Å². The Balaban J connectivity index is 1.69. The summed E-state index contributed by atoms with van der Waals surface area (Å²) in [5.41, 5.74) is 10.6. The van der Waals surface area contributed by atoms with Crippen molar-refractivity contribution >= 4 is 5.88 Å². The van der Waals surface area contributed by atoms with Crippen molar-refractivity contribution in [2.45, 2.75) is 44.9 Å². The molecule has 2 aliphatic carbocycles. The largest absolute Gasteiger partial charge is 0.367 e. The van der Waals surface area contributed by atoms with Gasteiger partial charge in [-0.1, -0.05) is 43.3 Å². The molecule has 2 saturated carbocycles. The summed E-state index contributed by atoms with van der Waals surface area (Å²) >= 11 is 0. The first-order chi connectivity index (χ1) is 10.1. The predicted octanol–water partition coefficient (Wildman–Crippen LogP) is 4.56. The van der Waals surface area contributed by atoms with Gasteiger partial charge in [0.2, 0.25) is 5.88 Å². The van der Waals surface area contributed by atoms with Crippen LogP contribution in [0.3, 0.4) is 0 Å². The molecular weight excluding hydrogens is 260 g/mol. The Morgan fingerprint density at radius 1 is 1.10 bits per heavy atom. The second-order valence-electron chi connectivity index (χ2n) is 7.01. The number of nitrogens with two attached hydrogens (primary N) is 1. The number of benzene rings is 1. The second-order valence-corrected chi connectivity index (χ2v) is 7.01. The molecule has 2 unspecified atom stereocenters. The van der Waals surface area contributed by atoms with E-state index in [2.05, 4.69) is 43.3 Å². The fraction of sp³-hybridized carbons (Fsp3) is 0.500. The molecule has 110 valence electrons. The Kier molecular flexibility index (Phi) is 2.84. The lowest BCUT2D eigenvalue weighted by atomic mass is 9.92. The number of aromatic nitrogens is 1. The van der Waals surface area contributed by atoms with Crippen LogP contribution in [-0.4, -0.2) is 5.16 Å². The maximum Gasteiger partial charge on any atom is 0.230 e. The standard InChI is InChI=1S/C18H22N2O/c1-10(2)11-3-5-12(6-4-11)16-17(20-21-18(16)19)15-8-13-7-14(13)9-15/h3-6,10,13-15H,7-9,19H2,1-2H3. The zero-order valence-corrected chi connectivity index (χ0v) is 12.7. The van der Waals surface area contributed by atoms with E-state index in [0.29, 0.717) is 17.7 Å². The van der Waals surface area contributed by atoms with Gasteiger partial charge in [0, 0.05) is 5.92 Å². The Morgan fingerprint density at radius 2 is 1.76 bits per heavy atom. The average molecular weight is 282 g/mol. The molecule has 2 aliphatic rings. The molecule has 3 heteroatoms. The van der Waals surface area contributed by atoms with E-state index >= 15 is 0 Å². The minimum absolute atomic E-state index is 0.461. The predicted molar refractivity (Wildman–Crippen MR) is 84.0 cm³/mol. The number of fused-ring (bicyclic) bond motifs is 1. The Morgan fingerprint density at radius 3 is 2.38 bits per heavy atom. The summed E-state index contributed by atoms with van der Waals surface area (Å²) in [4.78, 5) is 0. The van der Waals surface area contributed by atoms with Gasteiger partial charge in [0.25, 0.3) is 0 Å². The van der Waals surface area contributed by atoms with Crippen molar-refractivity contribution in [3.63, 3.8) is 0 Å². The highest BCUT2D eigenvalue weighted by Gasteiger charge is 2.47. The topological polar surface area (TPSA) is 52.0 Å². The Labute approximate surface area is 125 Å². The fourth-order valence-corrected chi connectivity index (χ4v) is 3.86. The van der Waals surface area contributed by atoms with Crippen LogP contribution in [-0.2, 0) is 0 Å². The van der Waals surface area contributed by atoms with E-state index in [0.717, 1.165) is 28.7 Å². The zero-order chi connectivity index (χ0) is 14.6. The summed E-state index contributed by atoms with van der Waals surface area (Å²) in [7, 11) is 0. The van der Waals surface area contributed by atoms with Crippen LogP contribution in [0.25, 0.3) is 11.1 Å². The van der Waals surface area contributed by atoms with E-state index in [-0.39, 0.29) is 0 Å². The molecule has 4 rings (SSSR count). The zero-order valence-electron chi connectivity index (χ0n) is 12.7. The SMILES string of the molecule is CC(C)c1ccc(-c2c(C3CC4CC4C3)noc2N)cc1. The van der Waals surface area contributed by atoms with Crippen molar-refractivity contribution in [2.75, 3.05) is 5.73 Å².